The third kappa shape index (κ3) is 5.57. The van der Waals surface area contributed by atoms with Crippen LogP contribution in [0.1, 0.15) is 12.8 Å². The van der Waals surface area contributed by atoms with E-state index < -0.39 is 0 Å². The van der Waals surface area contributed by atoms with Gasteiger partial charge in [-0.1, -0.05) is 11.6 Å². The third-order valence-electron chi connectivity index (χ3n) is 3.04. The Morgan fingerprint density at radius 1 is 1.33 bits per heavy atom. The number of thioether (sulfide) groups is 1. The van der Waals surface area contributed by atoms with E-state index in [2.05, 4.69) is 16.0 Å². The summed E-state index contributed by atoms with van der Waals surface area (Å²) in [5, 5.41) is 9.36. The van der Waals surface area contributed by atoms with Gasteiger partial charge < -0.3 is 10.6 Å². The molecule has 7 heteroatoms. The van der Waals surface area contributed by atoms with Crippen molar-refractivity contribution >= 4 is 40.9 Å². The molecule has 1 saturated heterocycles. The molecule has 0 bridgehead atoms. The molecule has 21 heavy (non-hydrogen) atoms. The summed E-state index contributed by atoms with van der Waals surface area (Å²) in [5.74, 6) is 1.57. The average Bonchev–Trinajstić information content (AvgIpc) is 3.00. The van der Waals surface area contributed by atoms with E-state index in [9.17, 15) is 9.59 Å². The topological polar surface area (TPSA) is 70.2 Å². The predicted octanol–water partition coefficient (Wildman–Crippen LogP) is 1.84. The Morgan fingerprint density at radius 3 is 2.76 bits per heavy atom. The molecule has 5 nitrogen and oxygen atoms in total. The maximum atomic E-state index is 11.7. The number of hydrogen-bond acceptors (Lipinski definition) is 4. The summed E-state index contributed by atoms with van der Waals surface area (Å²) in [7, 11) is 0. The van der Waals surface area contributed by atoms with E-state index in [0.717, 1.165) is 17.3 Å². The molecule has 1 fully saturated rings. The van der Waals surface area contributed by atoms with Crippen LogP contribution in [0.15, 0.2) is 24.3 Å². The molecule has 3 N–H and O–H groups in total. The first-order chi connectivity index (χ1) is 10.1. The van der Waals surface area contributed by atoms with Gasteiger partial charge in [0.05, 0.1) is 6.04 Å². The zero-order valence-corrected chi connectivity index (χ0v) is 13.1. The van der Waals surface area contributed by atoms with Gasteiger partial charge in [0.2, 0.25) is 11.8 Å². The van der Waals surface area contributed by atoms with Crippen LogP contribution in [-0.4, -0.2) is 36.0 Å². The Balaban J connectivity index is 1.60. The highest BCUT2D eigenvalue weighted by Crippen LogP contribution is 2.13. The molecule has 2 rings (SSSR count). The van der Waals surface area contributed by atoms with Gasteiger partial charge in [-0.05, 0) is 30.7 Å². The summed E-state index contributed by atoms with van der Waals surface area (Å²) in [4.78, 5) is 23.4. The van der Waals surface area contributed by atoms with E-state index >= 15 is 0 Å². The number of benzene rings is 1. The SMILES string of the molecule is O=C(CCCNC(=O)C1CSCN1)Nc1ccc(Cl)cc1. The predicted molar refractivity (Wildman–Crippen MR) is 86.6 cm³/mol. The van der Waals surface area contributed by atoms with E-state index in [1.54, 1.807) is 36.0 Å². The van der Waals surface area contributed by atoms with Gasteiger partial charge in [0.1, 0.15) is 0 Å². The van der Waals surface area contributed by atoms with Crippen LogP contribution >= 0.6 is 23.4 Å². The number of rotatable bonds is 6. The first kappa shape index (κ1) is 16.1. The Morgan fingerprint density at radius 2 is 2.10 bits per heavy atom. The van der Waals surface area contributed by atoms with Gasteiger partial charge in [0.15, 0.2) is 0 Å². The molecule has 0 aromatic heterocycles. The molecule has 1 aromatic rings. The molecule has 0 spiro atoms. The quantitative estimate of drug-likeness (QED) is 0.697. The minimum atomic E-state index is -0.0992. The Bertz CT molecular complexity index is 489. The molecule has 0 radical (unpaired) electrons. The average molecular weight is 328 g/mol. The van der Waals surface area contributed by atoms with Gasteiger partial charge in [0, 0.05) is 35.3 Å². The van der Waals surface area contributed by atoms with Crippen molar-refractivity contribution in [3.63, 3.8) is 0 Å². The lowest BCUT2D eigenvalue weighted by atomic mass is 10.2. The minimum Gasteiger partial charge on any atom is -0.355 e. The fraction of sp³-hybridized carbons (Fsp3) is 0.429. The summed E-state index contributed by atoms with van der Waals surface area (Å²) in [6, 6.07) is 6.86. The van der Waals surface area contributed by atoms with Crippen LogP contribution < -0.4 is 16.0 Å². The number of carbonyl (C=O) groups excluding carboxylic acids is 2. The second-order valence-corrected chi connectivity index (χ2v) is 6.19. The molecule has 1 aliphatic rings. The molecule has 1 heterocycles. The molecule has 1 unspecified atom stereocenters. The van der Waals surface area contributed by atoms with Gasteiger partial charge in [0.25, 0.3) is 0 Å². The third-order valence-corrected chi connectivity index (χ3v) is 4.23. The largest absolute Gasteiger partial charge is 0.355 e. The fourth-order valence-corrected chi connectivity index (χ4v) is 2.97. The van der Waals surface area contributed by atoms with E-state index in [-0.39, 0.29) is 17.9 Å². The zero-order chi connectivity index (χ0) is 15.1. The van der Waals surface area contributed by atoms with Crippen LogP contribution in [0.5, 0.6) is 0 Å². The van der Waals surface area contributed by atoms with Crippen LogP contribution in [0.4, 0.5) is 5.69 Å². The normalized spacial score (nSPS) is 17.5. The summed E-state index contributed by atoms with van der Waals surface area (Å²) < 4.78 is 0. The summed E-state index contributed by atoms with van der Waals surface area (Å²) >= 11 is 7.49. The first-order valence-electron chi connectivity index (χ1n) is 6.79. The summed E-state index contributed by atoms with van der Waals surface area (Å²) in [6.07, 6.45) is 0.987. The Labute approximate surface area is 133 Å². The molecule has 1 atom stereocenters. The Hall–Kier alpha value is -1.24. The number of hydrogen-bond donors (Lipinski definition) is 3. The number of carbonyl (C=O) groups is 2. The molecule has 2 amide bonds. The highest BCUT2D eigenvalue weighted by Gasteiger charge is 2.21. The van der Waals surface area contributed by atoms with Crippen molar-refractivity contribution in [1.82, 2.24) is 10.6 Å². The van der Waals surface area contributed by atoms with Crippen LogP contribution in [0.3, 0.4) is 0 Å². The van der Waals surface area contributed by atoms with Gasteiger partial charge in [-0.3, -0.25) is 14.9 Å². The number of anilines is 1. The maximum Gasteiger partial charge on any atom is 0.238 e. The minimum absolute atomic E-state index is 0.0121. The van der Waals surface area contributed by atoms with E-state index in [0.29, 0.717) is 24.4 Å². The highest BCUT2D eigenvalue weighted by atomic mass is 35.5. The molecule has 1 aromatic carbocycles. The van der Waals surface area contributed by atoms with E-state index in [4.69, 9.17) is 11.6 Å². The summed E-state index contributed by atoms with van der Waals surface area (Å²) in [5.41, 5.74) is 0.723. The van der Waals surface area contributed by atoms with Crippen molar-refractivity contribution in [3.05, 3.63) is 29.3 Å². The van der Waals surface area contributed by atoms with E-state index in [1.807, 2.05) is 0 Å². The number of nitrogens with one attached hydrogen (secondary N) is 3. The lowest BCUT2D eigenvalue weighted by molar-refractivity contribution is -0.122. The molecule has 1 aliphatic heterocycles. The molecule has 114 valence electrons. The van der Waals surface area contributed by atoms with Crippen molar-refractivity contribution in [2.24, 2.45) is 0 Å². The second-order valence-electron chi connectivity index (χ2n) is 4.72. The number of halogens is 1. The highest BCUT2D eigenvalue weighted by molar-refractivity contribution is 7.99. The van der Waals surface area contributed by atoms with Crippen molar-refractivity contribution in [1.29, 1.82) is 0 Å². The van der Waals surface area contributed by atoms with Crippen LogP contribution in [0, 0.1) is 0 Å². The summed E-state index contributed by atoms with van der Waals surface area (Å²) in [6.45, 7) is 0.510. The van der Waals surface area contributed by atoms with Crippen LogP contribution in [-0.2, 0) is 9.59 Å². The van der Waals surface area contributed by atoms with Gasteiger partial charge in [-0.25, -0.2) is 0 Å². The first-order valence-corrected chi connectivity index (χ1v) is 8.32. The standard InChI is InChI=1S/C14H18ClN3O2S/c15-10-3-5-11(6-4-10)18-13(19)2-1-7-16-14(20)12-8-21-9-17-12/h3-6,12,17H,1-2,7-9H2,(H,16,20)(H,18,19). The lowest BCUT2D eigenvalue weighted by Crippen LogP contribution is -2.42. The fourth-order valence-electron chi connectivity index (χ4n) is 1.90. The maximum absolute atomic E-state index is 11.7. The molecule has 0 saturated carbocycles. The van der Waals surface area contributed by atoms with Crippen LogP contribution in [0.25, 0.3) is 0 Å². The van der Waals surface area contributed by atoms with Crippen molar-refractivity contribution in [2.45, 2.75) is 18.9 Å². The van der Waals surface area contributed by atoms with Gasteiger partial charge in [-0.15, -0.1) is 11.8 Å². The van der Waals surface area contributed by atoms with Crippen molar-refractivity contribution in [2.75, 3.05) is 23.5 Å². The monoisotopic (exact) mass is 327 g/mol. The van der Waals surface area contributed by atoms with Crippen molar-refractivity contribution < 1.29 is 9.59 Å². The zero-order valence-electron chi connectivity index (χ0n) is 11.5. The van der Waals surface area contributed by atoms with Crippen LogP contribution in [0.2, 0.25) is 5.02 Å². The molecule has 0 aliphatic carbocycles. The van der Waals surface area contributed by atoms with E-state index in [1.165, 1.54) is 0 Å². The molecular formula is C14H18ClN3O2S. The molecular weight excluding hydrogens is 310 g/mol. The lowest BCUT2D eigenvalue weighted by Gasteiger charge is -2.10. The van der Waals surface area contributed by atoms with Crippen molar-refractivity contribution in [3.8, 4) is 0 Å². The smallest absolute Gasteiger partial charge is 0.238 e. The Kier molecular flexibility index (Phi) is 6.35. The van der Waals surface area contributed by atoms with Gasteiger partial charge in [-0.2, -0.15) is 0 Å². The second kappa shape index (κ2) is 8.26. The van der Waals surface area contributed by atoms with Gasteiger partial charge >= 0.3 is 0 Å². The number of amides is 2.